The van der Waals surface area contributed by atoms with E-state index in [4.69, 9.17) is 0 Å². The van der Waals surface area contributed by atoms with Crippen LogP contribution in [0.3, 0.4) is 0 Å². The van der Waals surface area contributed by atoms with E-state index in [9.17, 15) is 10.2 Å². The molecule has 0 unspecified atom stereocenters. The van der Waals surface area contributed by atoms with Gasteiger partial charge in [0.05, 0.1) is 11.7 Å². The second-order valence-corrected chi connectivity index (χ2v) is 8.21. The first-order valence-corrected chi connectivity index (χ1v) is 8.94. The summed E-state index contributed by atoms with van der Waals surface area (Å²) in [7, 11) is 0. The standard InChI is InChI=1S/C20H34O2/c1-13(2)7-6-8-14(3)16-11-12-20(5,22)17-10-9-15(4)19(21)18(16)17/h7,9,14,16-19,21-22H,6,8,10-12H2,1-5H3/t14-,16+,17+,18-,19-,20-/m1/s1. The van der Waals surface area contributed by atoms with Gasteiger partial charge in [-0.05, 0) is 89.0 Å². The highest BCUT2D eigenvalue weighted by Gasteiger charge is 2.50. The highest BCUT2D eigenvalue weighted by molar-refractivity contribution is 5.17. The van der Waals surface area contributed by atoms with E-state index in [2.05, 4.69) is 32.9 Å². The van der Waals surface area contributed by atoms with Gasteiger partial charge in [0.2, 0.25) is 0 Å². The Bertz CT molecular complexity index is 443. The van der Waals surface area contributed by atoms with Crippen molar-refractivity contribution in [2.75, 3.05) is 0 Å². The van der Waals surface area contributed by atoms with E-state index < -0.39 is 5.60 Å². The predicted molar refractivity (Wildman–Crippen MR) is 92.5 cm³/mol. The minimum atomic E-state index is -0.626. The molecule has 1 fully saturated rings. The molecule has 1 saturated carbocycles. The second kappa shape index (κ2) is 6.88. The maximum Gasteiger partial charge on any atom is 0.0782 e. The van der Waals surface area contributed by atoms with Crippen LogP contribution in [0, 0.1) is 23.7 Å². The summed E-state index contributed by atoms with van der Waals surface area (Å²) in [5, 5.41) is 21.5. The van der Waals surface area contributed by atoms with Crippen LogP contribution in [0.4, 0.5) is 0 Å². The lowest BCUT2D eigenvalue weighted by molar-refractivity contribution is -0.120. The molecule has 0 heterocycles. The third-order valence-electron chi connectivity index (χ3n) is 6.17. The molecule has 2 rings (SSSR count). The van der Waals surface area contributed by atoms with Gasteiger partial charge in [0.15, 0.2) is 0 Å². The Balaban J connectivity index is 2.14. The first-order valence-electron chi connectivity index (χ1n) is 8.94. The monoisotopic (exact) mass is 306 g/mol. The fourth-order valence-corrected chi connectivity index (χ4v) is 4.66. The average Bonchev–Trinajstić information content (AvgIpc) is 2.42. The smallest absolute Gasteiger partial charge is 0.0782 e. The number of allylic oxidation sites excluding steroid dienone is 3. The molecule has 0 bridgehead atoms. The molecule has 6 atom stereocenters. The number of aliphatic hydroxyl groups excluding tert-OH is 1. The fraction of sp³-hybridized carbons (Fsp3) is 0.800. The average molecular weight is 306 g/mol. The molecule has 0 saturated heterocycles. The molecule has 2 nitrogen and oxygen atoms in total. The third-order valence-corrected chi connectivity index (χ3v) is 6.17. The van der Waals surface area contributed by atoms with Gasteiger partial charge in [-0.25, -0.2) is 0 Å². The molecular weight excluding hydrogens is 272 g/mol. The van der Waals surface area contributed by atoms with Gasteiger partial charge in [0, 0.05) is 0 Å². The molecule has 0 amide bonds. The summed E-state index contributed by atoms with van der Waals surface area (Å²) in [6.07, 6.45) is 9.19. The molecule has 0 spiro atoms. The van der Waals surface area contributed by atoms with Crippen molar-refractivity contribution in [1.82, 2.24) is 0 Å². The molecular formula is C20H34O2. The van der Waals surface area contributed by atoms with Crippen molar-refractivity contribution >= 4 is 0 Å². The number of hydrogen-bond donors (Lipinski definition) is 2. The van der Waals surface area contributed by atoms with E-state index in [1.54, 1.807) is 0 Å². The Labute approximate surface area is 136 Å². The Hall–Kier alpha value is -0.600. The lowest BCUT2D eigenvalue weighted by atomic mass is 9.56. The van der Waals surface area contributed by atoms with Gasteiger partial charge < -0.3 is 10.2 Å². The fourth-order valence-electron chi connectivity index (χ4n) is 4.66. The van der Waals surface area contributed by atoms with Gasteiger partial charge in [-0.3, -0.25) is 0 Å². The summed E-state index contributed by atoms with van der Waals surface area (Å²) in [6, 6.07) is 0. The van der Waals surface area contributed by atoms with Crippen molar-refractivity contribution in [3.8, 4) is 0 Å². The first-order chi connectivity index (χ1) is 10.2. The quantitative estimate of drug-likeness (QED) is 0.752. The van der Waals surface area contributed by atoms with Crippen molar-refractivity contribution < 1.29 is 10.2 Å². The molecule has 2 aliphatic carbocycles. The van der Waals surface area contributed by atoms with Crippen LogP contribution in [0.5, 0.6) is 0 Å². The Morgan fingerprint density at radius 1 is 1.45 bits per heavy atom. The van der Waals surface area contributed by atoms with Crippen LogP contribution in [0.15, 0.2) is 23.3 Å². The lowest BCUT2D eigenvalue weighted by Gasteiger charge is -2.52. The first kappa shape index (κ1) is 17.7. The highest BCUT2D eigenvalue weighted by atomic mass is 16.3. The molecule has 2 heteroatoms. The van der Waals surface area contributed by atoms with Crippen molar-refractivity contribution in [3.05, 3.63) is 23.3 Å². The third kappa shape index (κ3) is 3.65. The van der Waals surface area contributed by atoms with Gasteiger partial charge in [-0.15, -0.1) is 0 Å². The maximum atomic E-state index is 10.8. The summed E-state index contributed by atoms with van der Waals surface area (Å²) in [6.45, 7) is 10.6. The molecule has 2 aliphatic rings. The SMILES string of the molecule is CC(C)=CCC[C@@H](C)[C@@H]1CC[C@@](C)(O)[C@H]2CC=C(C)[C@@H](O)[C@H]12. The van der Waals surface area contributed by atoms with Crippen molar-refractivity contribution in [3.63, 3.8) is 0 Å². The Morgan fingerprint density at radius 3 is 2.77 bits per heavy atom. The molecule has 0 aromatic heterocycles. The van der Waals surface area contributed by atoms with Crippen molar-refractivity contribution in [2.24, 2.45) is 23.7 Å². The summed E-state index contributed by atoms with van der Waals surface area (Å²) in [5.74, 6) is 1.54. The van der Waals surface area contributed by atoms with E-state index in [1.165, 1.54) is 12.0 Å². The van der Waals surface area contributed by atoms with Crippen LogP contribution in [0.2, 0.25) is 0 Å². The molecule has 2 N–H and O–H groups in total. The maximum absolute atomic E-state index is 10.8. The van der Waals surface area contributed by atoms with Crippen molar-refractivity contribution in [1.29, 1.82) is 0 Å². The van der Waals surface area contributed by atoms with Gasteiger partial charge >= 0.3 is 0 Å². The summed E-state index contributed by atoms with van der Waals surface area (Å²) in [4.78, 5) is 0. The molecule has 22 heavy (non-hydrogen) atoms. The predicted octanol–water partition coefficient (Wildman–Crippen LogP) is 4.47. The van der Waals surface area contributed by atoms with Crippen molar-refractivity contribution in [2.45, 2.75) is 78.4 Å². The zero-order valence-corrected chi connectivity index (χ0v) is 15.0. The highest BCUT2D eigenvalue weighted by Crippen LogP contribution is 2.51. The zero-order chi connectivity index (χ0) is 16.5. The van der Waals surface area contributed by atoms with Crippen LogP contribution in [-0.4, -0.2) is 21.9 Å². The van der Waals surface area contributed by atoms with Crippen LogP contribution in [-0.2, 0) is 0 Å². The number of hydrogen-bond acceptors (Lipinski definition) is 2. The van der Waals surface area contributed by atoms with E-state index in [-0.39, 0.29) is 17.9 Å². The largest absolute Gasteiger partial charge is 0.390 e. The minimum absolute atomic E-state index is 0.204. The Kier molecular flexibility index (Phi) is 5.55. The minimum Gasteiger partial charge on any atom is -0.390 e. The van der Waals surface area contributed by atoms with E-state index in [1.807, 2.05) is 13.8 Å². The number of aliphatic hydroxyl groups is 2. The van der Waals surface area contributed by atoms with Crippen LogP contribution < -0.4 is 0 Å². The molecule has 0 aromatic rings. The van der Waals surface area contributed by atoms with Gasteiger partial charge in [-0.2, -0.15) is 0 Å². The van der Waals surface area contributed by atoms with E-state index >= 15 is 0 Å². The second-order valence-electron chi connectivity index (χ2n) is 8.21. The Morgan fingerprint density at radius 2 is 2.14 bits per heavy atom. The summed E-state index contributed by atoms with van der Waals surface area (Å²) < 4.78 is 0. The molecule has 0 aliphatic heterocycles. The van der Waals surface area contributed by atoms with Gasteiger partial charge in [0.1, 0.15) is 0 Å². The van der Waals surface area contributed by atoms with Crippen LogP contribution >= 0.6 is 0 Å². The van der Waals surface area contributed by atoms with Gasteiger partial charge in [0.25, 0.3) is 0 Å². The molecule has 126 valence electrons. The van der Waals surface area contributed by atoms with E-state index in [0.717, 1.165) is 31.3 Å². The van der Waals surface area contributed by atoms with Crippen LogP contribution in [0.1, 0.15) is 66.7 Å². The number of fused-ring (bicyclic) bond motifs is 1. The van der Waals surface area contributed by atoms with Crippen LogP contribution in [0.25, 0.3) is 0 Å². The summed E-state index contributed by atoms with van der Waals surface area (Å²) in [5.41, 5.74) is 1.85. The normalized spacial score (nSPS) is 39.7. The zero-order valence-electron chi connectivity index (χ0n) is 15.0. The molecule has 0 radical (unpaired) electrons. The molecule has 0 aromatic carbocycles. The topological polar surface area (TPSA) is 40.5 Å². The van der Waals surface area contributed by atoms with E-state index in [0.29, 0.717) is 11.8 Å². The summed E-state index contributed by atoms with van der Waals surface area (Å²) >= 11 is 0. The lowest BCUT2D eigenvalue weighted by Crippen LogP contribution is -2.53. The number of rotatable bonds is 4. The van der Waals surface area contributed by atoms with Gasteiger partial charge in [-0.1, -0.05) is 24.6 Å².